The summed E-state index contributed by atoms with van der Waals surface area (Å²) in [5, 5.41) is 15.1. The number of hydrogen-bond acceptors (Lipinski definition) is 5. The van der Waals surface area contributed by atoms with Gasteiger partial charge in [0.15, 0.2) is 5.69 Å². The Labute approximate surface area is 179 Å². The van der Waals surface area contributed by atoms with E-state index < -0.39 is 33.7 Å². The molecule has 3 rings (SSSR count). The quantitative estimate of drug-likeness (QED) is 0.439. The third kappa shape index (κ3) is 4.51. The molecule has 32 heavy (non-hydrogen) atoms. The number of para-hydroxylation sites is 2. The van der Waals surface area contributed by atoms with Gasteiger partial charge in [-0.25, -0.2) is 4.68 Å². The fourth-order valence-electron chi connectivity index (χ4n) is 3.17. The minimum atomic E-state index is -4.68. The Morgan fingerprint density at radius 2 is 1.78 bits per heavy atom. The van der Waals surface area contributed by atoms with Crippen molar-refractivity contribution in [2.75, 3.05) is 7.05 Å². The molecule has 8 nitrogen and oxygen atoms in total. The summed E-state index contributed by atoms with van der Waals surface area (Å²) in [7, 11) is 1.31. The van der Waals surface area contributed by atoms with Crippen LogP contribution in [0.15, 0.2) is 59.4 Å². The Kier molecular flexibility index (Phi) is 6.10. The molecule has 1 heterocycles. The maximum Gasteiger partial charge on any atom is 0.418 e. The third-order valence-electron chi connectivity index (χ3n) is 4.69. The molecule has 0 radical (unpaired) electrons. The zero-order valence-corrected chi connectivity index (χ0v) is 17.0. The van der Waals surface area contributed by atoms with Gasteiger partial charge in [-0.1, -0.05) is 30.3 Å². The van der Waals surface area contributed by atoms with Gasteiger partial charge in [-0.05, 0) is 19.1 Å². The smallest absolute Gasteiger partial charge is 0.336 e. The second-order valence-electron chi connectivity index (χ2n) is 6.97. The van der Waals surface area contributed by atoms with Gasteiger partial charge in [0.2, 0.25) is 5.43 Å². The maximum atomic E-state index is 13.4. The third-order valence-corrected chi connectivity index (χ3v) is 4.69. The summed E-state index contributed by atoms with van der Waals surface area (Å²) in [5.41, 5.74) is -2.58. The van der Waals surface area contributed by atoms with Crippen molar-refractivity contribution in [3.8, 4) is 5.69 Å². The van der Waals surface area contributed by atoms with Crippen LogP contribution in [0.1, 0.15) is 27.3 Å². The summed E-state index contributed by atoms with van der Waals surface area (Å²) >= 11 is 0. The molecule has 0 atom stereocenters. The number of nitro benzene ring substituents is 1. The number of nitro groups is 1. The molecule has 2 aromatic carbocycles. The maximum absolute atomic E-state index is 13.4. The van der Waals surface area contributed by atoms with E-state index in [0.29, 0.717) is 0 Å². The number of rotatable bonds is 5. The van der Waals surface area contributed by atoms with E-state index >= 15 is 0 Å². The molecule has 0 N–H and O–H groups in total. The van der Waals surface area contributed by atoms with E-state index in [1.165, 1.54) is 50.4 Å². The summed E-state index contributed by atoms with van der Waals surface area (Å²) < 4.78 is 41.2. The molecule has 0 unspecified atom stereocenters. The summed E-state index contributed by atoms with van der Waals surface area (Å²) in [6, 6.07) is 11.4. The molecular weight excluding hydrogens is 429 g/mol. The average molecular weight is 446 g/mol. The van der Waals surface area contributed by atoms with E-state index in [4.69, 9.17) is 0 Å². The van der Waals surface area contributed by atoms with Gasteiger partial charge in [-0.15, -0.1) is 0 Å². The standard InChI is InChI=1S/C21H17F3N4O4/c1-13-11-18(29)19(25-27(13)17-10-6-4-8-15(17)21(22,23)24)20(30)26(2)12-14-7-3-5-9-16(14)28(31)32/h3-11H,12H2,1-2H3. The minimum absolute atomic E-state index is 0.101. The molecule has 0 bridgehead atoms. The number of aromatic nitrogens is 2. The number of alkyl halides is 3. The predicted molar refractivity (Wildman–Crippen MR) is 108 cm³/mol. The number of hydrogen-bond donors (Lipinski definition) is 0. The largest absolute Gasteiger partial charge is 0.418 e. The lowest BCUT2D eigenvalue weighted by molar-refractivity contribution is -0.385. The number of carbonyl (C=O) groups is 1. The molecule has 11 heteroatoms. The Hall–Kier alpha value is -4.02. The molecule has 3 aromatic rings. The first kappa shape index (κ1) is 22.7. The number of aryl methyl sites for hydroxylation is 1. The molecule has 1 amide bonds. The number of nitrogens with zero attached hydrogens (tertiary/aromatic N) is 4. The van der Waals surface area contributed by atoms with Gasteiger partial charge in [0, 0.05) is 30.4 Å². The van der Waals surface area contributed by atoms with Crippen LogP contribution in [0.4, 0.5) is 18.9 Å². The van der Waals surface area contributed by atoms with Crippen molar-refractivity contribution >= 4 is 11.6 Å². The number of carbonyl (C=O) groups excluding carboxylic acids is 1. The van der Waals surface area contributed by atoms with E-state index in [1.54, 1.807) is 6.07 Å². The van der Waals surface area contributed by atoms with Crippen LogP contribution in [-0.4, -0.2) is 32.6 Å². The average Bonchev–Trinajstić information content (AvgIpc) is 2.73. The number of benzene rings is 2. The predicted octanol–water partition coefficient (Wildman–Crippen LogP) is 3.74. The molecular formula is C21H17F3N4O4. The highest BCUT2D eigenvalue weighted by molar-refractivity contribution is 5.92. The van der Waals surface area contributed by atoms with Crippen molar-refractivity contribution in [2.45, 2.75) is 19.6 Å². The van der Waals surface area contributed by atoms with Crippen LogP contribution in [0, 0.1) is 17.0 Å². The van der Waals surface area contributed by atoms with Crippen molar-refractivity contribution in [2.24, 2.45) is 0 Å². The SMILES string of the molecule is Cc1cc(=O)c(C(=O)N(C)Cc2ccccc2[N+](=O)[O-])nn1-c1ccccc1C(F)(F)F. The first-order chi connectivity index (χ1) is 15.0. The summed E-state index contributed by atoms with van der Waals surface area (Å²) in [6.07, 6.45) is -4.68. The molecule has 0 aliphatic heterocycles. The minimum Gasteiger partial charge on any atom is -0.336 e. The molecule has 0 saturated heterocycles. The van der Waals surface area contributed by atoms with Gasteiger partial charge in [-0.2, -0.15) is 18.3 Å². The Bertz CT molecular complexity index is 1250. The monoisotopic (exact) mass is 446 g/mol. The van der Waals surface area contributed by atoms with Crippen LogP contribution in [0.5, 0.6) is 0 Å². The highest BCUT2D eigenvalue weighted by atomic mass is 19.4. The van der Waals surface area contributed by atoms with Gasteiger partial charge >= 0.3 is 6.18 Å². The van der Waals surface area contributed by atoms with Crippen molar-refractivity contribution in [3.63, 3.8) is 0 Å². The van der Waals surface area contributed by atoms with Crippen LogP contribution < -0.4 is 5.43 Å². The highest BCUT2D eigenvalue weighted by Crippen LogP contribution is 2.33. The number of halogens is 3. The zero-order chi connectivity index (χ0) is 23.6. The highest BCUT2D eigenvalue weighted by Gasteiger charge is 2.34. The fraction of sp³-hybridized carbons (Fsp3) is 0.190. The van der Waals surface area contributed by atoms with Gasteiger partial charge < -0.3 is 4.90 Å². The van der Waals surface area contributed by atoms with Gasteiger partial charge in [-0.3, -0.25) is 19.7 Å². The van der Waals surface area contributed by atoms with Crippen LogP contribution in [-0.2, 0) is 12.7 Å². The van der Waals surface area contributed by atoms with E-state index in [2.05, 4.69) is 5.10 Å². The first-order valence-electron chi connectivity index (χ1n) is 9.26. The fourth-order valence-corrected chi connectivity index (χ4v) is 3.17. The molecule has 0 spiro atoms. The van der Waals surface area contributed by atoms with Gasteiger partial charge in [0.1, 0.15) is 0 Å². The van der Waals surface area contributed by atoms with Crippen molar-refractivity contribution in [1.82, 2.24) is 14.7 Å². The molecule has 0 saturated carbocycles. The zero-order valence-electron chi connectivity index (χ0n) is 17.0. The van der Waals surface area contributed by atoms with Crippen molar-refractivity contribution in [3.05, 3.63) is 97.4 Å². The Morgan fingerprint density at radius 1 is 1.16 bits per heavy atom. The second-order valence-corrected chi connectivity index (χ2v) is 6.97. The van der Waals surface area contributed by atoms with Gasteiger partial charge in [0.05, 0.1) is 22.7 Å². The first-order valence-corrected chi connectivity index (χ1v) is 9.26. The lowest BCUT2D eigenvalue weighted by Gasteiger charge is -2.19. The van der Waals surface area contributed by atoms with Crippen LogP contribution in [0.25, 0.3) is 5.69 Å². The van der Waals surface area contributed by atoms with Crippen LogP contribution >= 0.6 is 0 Å². The lowest BCUT2D eigenvalue weighted by atomic mass is 10.1. The normalized spacial score (nSPS) is 11.3. The van der Waals surface area contributed by atoms with Gasteiger partial charge in [0.25, 0.3) is 11.6 Å². The summed E-state index contributed by atoms with van der Waals surface area (Å²) in [6.45, 7) is 1.19. The summed E-state index contributed by atoms with van der Waals surface area (Å²) in [5.74, 6) is -0.883. The Morgan fingerprint density at radius 3 is 2.44 bits per heavy atom. The van der Waals surface area contributed by atoms with Crippen LogP contribution in [0.2, 0.25) is 0 Å². The molecule has 0 fully saturated rings. The van der Waals surface area contributed by atoms with Crippen molar-refractivity contribution < 1.29 is 22.9 Å². The lowest BCUT2D eigenvalue weighted by Crippen LogP contribution is -2.33. The molecule has 166 valence electrons. The van der Waals surface area contributed by atoms with E-state index in [1.807, 2.05) is 0 Å². The van der Waals surface area contributed by atoms with E-state index in [9.17, 15) is 32.9 Å². The van der Waals surface area contributed by atoms with Crippen LogP contribution in [0.3, 0.4) is 0 Å². The number of amides is 1. The molecule has 1 aromatic heterocycles. The second kappa shape index (κ2) is 8.61. The summed E-state index contributed by atoms with van der Waals surface area (Å²) in [4.78, 5) is 36.9. The topological polar surface area (TPSA) is 98.3 Å². The molecule has 0 aliphatic carbocycles. The molecule has 0 aliphatic rings. The van der Waals surface area contributed by atoms with E-state index in [-0.39, 0.29) is 29.2 Å². The van der Waals surface area contributed by atoms with E-state index in [0.717, 1.165) is 21.7 Å². The van der Waals surface area contributed by atoms with Crippen molar-refractivity contribution in [1.29, 1.82) is 0 Å². The Balaban J connectivity index is 2.03.